The van der Waals surface area contributed by atoms with E-state index in [0.29, 0.717) is 9.99 Å². The van der Waals surface area contributed by atoms with Gasteiger partial charge in [-0.2, -0.15) is 13.2 Å². The van der Waals surface area contributed by atoms with Crippen LogP contribution in [0.25, 0.3) is 10.9 Å². The number of nitrogens with one attached hydrogen (secondary N) is 2. The number of aliphatic hydroxyl groups is 1. The van der Waals surface area contributed by atoms with Crippen LogP contribution in [-0.4, -0.2) is 29.0 Å². The van der Waals surface area contributed by atoms with Gasteiger partial charge in [0.25, 0.3) is 0 Å². The molecule has 1 amide bonds. The number of anilines is 1. The minimum atomic E-state index is -4.96. The molecule has 0 saturated heterocycles. The summed E-state index contributed by atoms with van der Waals surface area (Å²) in [6, 6.07) is 4.74. The highest BCUT2D eigenvalue weighted by molar-refractivity contribution is 9.10. The summed E-state index contributed by atoms with van der Waals surface area (Å²) in [5.74, 6) is -1.46. The van der Waals surface area contributed by atoms with E-state index in [1.807, 2.05) is 0 Å². The molecular formula is C16H18BrF3N2O3. The van der Waals surface area contributed by atoms with Crippen molar-refractivity contribution in [2.24, 2.45) is 5.92 Å². The third kappa shape index (κ3) is 3.35. The Morgan fingerprint density at radius 3 is 2.56 bits per heavy atom. The van der Waals surface area contributed by atoms with Crippen LogP contribution < -0.4 is 5.32 Å². The molecule has 1 unspecified atom stereocenters. The summed E-state index contributed by atoms with van der Waals surface area (Å²) in [5, 5.41) is 13.1. The largest absolute Gasteiger partial charge is 0.450 e. The molecule has 0 fully saturated rings. The number of aromatic amines is 1. The standard InChI is InChI=1S/C16H18BrF3N2O3/c1-4-25-14(23)22-13-12(15(24,8(2)3)16(18,19)20)11-9(17)6-5-7-10(11)21-13/h5-8,21,24H,4H2,1-3H3,(H,22,23). The Balaban J connectivity index is 2.80. The monoisotopic (exact) mass is 422 g/mol. The fourth-order valence-electron chi connectivity index (χ4n) is 2.71. The van der Waals surface area contributed by atoms with Crippen LogP contribution >= 0.6 is 15.9 Å². The van der Waals surface area contributed by atoms with Gasteiger partial charge in [0.2, 0.25) is 0 Å². The number of hydrogen-bond donors (Lipinski definition) is 3. The fraction of sp³-hybridized carbons (Fsp3) is 0.438. The quantitative estimate of drug-likeness (QED) is 0.655. The van der Waals surface area contributed by atoms with Gasteiger partial charge in [-0.25, -0.2) is 4.79 Å². The fourth-order valence-corrected chi connectivity index (χ4v) is 3.27. The molecule has 25 heavy (non-hydrogen) atoms. The van der Waals surface area contributed by atoms with E-state index in [9.17, 15) is 23.1 Å². The molecular weight excluding hydrogens is 405 g/mol. The van der Waals surface area contributed by atoms with Gasteiger partial charge in [0.05, 0.1) is 6.61 Å². The molecule has 9 heteroatoms. The van der Waals surface area contributed by atoms with Crippen LogP contribution in [-0.2, 0) is 10.3 Å². The smallest absolute Gasteiger partial charge is 0.421 e. The number of halogens is 4. The molecule has 0 aliphatic heterocycles. The SMILES string of the molecule is CCOC(=O)Nc1[nH]c2cccc(Br)c2c1C(O)(C(C)C)C(F)(F)F. The second kappa shape index (κ2) is 6.87. The molecule has 138 valence electrons. The van der Waals surface area contributed by atoms with Crippen molar-refractivity contribution in [3.63, 3.8) is 0 Å². The molecule has 0 aliphatic carbocycles. The minimum absolute atomic E-state index is 0.0544. The molecule has 2 aromatic rings. The lowest BCUT2D eigenvalue weighted by Gasteiger charge is -2.35. The van der Waals surface area contributed by atoms with E-state index >= 15 is 0 Å². The summed E-state index contributed by atoms with van der Waals surface area (Å²) in [5.41, 5.74) is -3.30. The van der Waals surface area contributed by atoms with E-state index < -0.39 is 29.4 Å². The summed E-state index contributed by atoms with van der Waals surface area (Å²) in [4.78, 5) is 14.5. The number of rotatable bonds is 4. The highest BCUT2D eigenvalue weighted by Crippen LogP contribution is 2.50. The van der Waals surface area contributed by atoms with E-state index in [4.69, 9.17) is 4.74 Å². The first kappa shape index (κ1) is 19.6. The van der Waals surface area contributed by atoms with E-state index in [-0.39, 0.29) is 17.8 Å². The second-order valence-electron chi connectivity index (χ2n) is 5.80. The zero-order valence-electron chi connectivity index (χ0n) is 13.8. The summed E-state index contributed by atoms with van der Waals surface area (Å²) in [6.45, 7) is 4.15. The molecule has 3 N–H and O–H groups in total. The highest BCUT2D eigenvalue weighted by Gasteiger charge is 2.59. The number of benzene rings is 1. The second-order valence-corrected chi connectivity index (χ2v) is 6.66. The maximum absolute atomic E-state index is 13.8. The van der Waals surface area contributed by atoms with Gasteiger partial charge in [-0.05, 0) is 25.0 Å². The van der Waals surface area contributed by atoms with Crippen molar-refractivity contribution in [3.05, 3.63) is 28.2 Å². The van der Waals surface area contributed by atoms with E-state index in [1.165, 1.54) is 13.8 Å². The van der Waals surface area contributed by atoms with Crippen molar-refractivity contribution in [1.29, 1.82) is 0 Å². The van der Waals surface area contributed by atoms with Crippen LogP contribution in [0.15, 0.2) is 22.7 Å². The lowest BCUT2D eigenvalue weighted by Crippen LogP contribution is -2.47. The number of ether oxygens (including phenoxy) is 1. The van der Waals surface area contributed by atoms with Crippen LogP contribution in [0.4, 0.5) is 23.8 Å². The molecule has 1 aromatic carbocycles. The Bertz CT molecular complexity index is 789. The molecule has 0 saturated carbocycles. The van der Waals surface area contributed by atoms with Gasteiger partial charge in [0.15, 0.2) is 5.60 Å². The molecule has 0 bridgehead atoms. The molecule has 2 rings (SSSR count). The third-order valence-electron chi connectivity index (χ3n) is 3.92. The predicted octanol–water partition coefficient (Wildman–Crippen LogP) is 4.90. The van der Waals surface area contributed by atoms with Gasteiger partial charge < -0.3 is 14.8 Å². The van der Waals surface area contributed by atoms with Crippen LogP contribution in [0.2, 0.25) is 0 Å². The summed E-state index contributed by atoms with van der Waals surface area (Å²) in [6.07, 6.45) is -5.88. The van der Waals surface area contributed by atoms with E-state index in [1.54, 1.807) is 25.1 Å². The van der Waals surface area contributed by atoms with Gasteiger partial charge in [0.1, 0.15) is 5.82 Å². The highest BCUT2D eigenvalue weighted by atomic mass is 79.9. The van der Waals surface area contributed by atoms with E-state index in [0.717, 1.165) is 0 Å². The molecule has 1 heterocycles. The molecule has 0 aliphatic rings. The van der Waals surface area contributed by atoms with Crippen LogP contribution in [0, 0.1) is 5.92 Å². The summed E-state index contributed by atoms with van der Waals surface area (Å²) in [7, 11) is 0. The number of alkyl halides is 3. The van der Waals surface area contributed by atoms with Gasteiger partial charge >= 0.3 is 12.3 Å². The Kier molecular flexibility index (Phi) is 5.38. The molecule has 1 atom stereocenters. The van der Waals surface area contributed by atoms with E-state index in [2.05, 4.69) is 26.2 Å². The molecule has 0 spiro atoms. The zero-order valence-corrected chi connectivity index (χ0v) is 15.4. The lowest BCUT2D eigenvalue weighted by atomic mass is 9.82. The number of H-pyrrole nitrogens is 1. The Labute approximate surface area is 150 Å². The Hall–Kier alpha value is -1.74. The summed E-state index contributed by atoms with van der Waals surface area (Å²) < 4.78 is 46.6. The third-order valence-corrected chi connectivity index (χ3v) is 4.59. The van der Waals surface area contributed by atoms with Gasteiger partial charge in [-0.1, -0.05) is 35.8 Å². The number of hydrogen-bond acceptors (Lipinski definition) is 3. The van der Waals surface area contributed by atoms with Crippen molar-refractivity contribution in [3.8, 4) is 0 Å². The number of amides is 1. The zero-order chi connectivity index (χ0) is 19.0. The number of fused-ring (bicyclic) bond motifs is 1. The van der Waals surface area contributed by atoms with Crippen molar-refractivity contribution in [2.45, 2.75) is 32.5 Å². The maximum Gasteiger partial charge on any atom is 0.421 e. The minimum Gasteiger partial charge on any atom is -0.450 e. The number of carbonyl (C=O) groups excluding carboxylic acids is 1. The first-order chi connectivity index (χ1) is 11.5. The average molecular weight is 423 g/mol. The number of carbonyl (C=O) groups is 1. The van der Waals surface area contributed by atoms with Gasteiger partial charge in [-0.3, -0.25) is 5.32 Å². The normalized spacial score (nSPS) is 14.6. The van der Waals surface area contributed by atoms with Crippen molar-refractivity contribution in [1.82, 2.24) is 4.98 Å². The first-order valence-corrected chi connectivity index (χ1v) is 8.36. The van der Waals surface area contributed by atoms with Crippen LogP contribution in [0.5, 0.6) is 0 Å². The molecule has 5 nitrogen and oxygen atoms in total. The Morgan fingerprint density at radius 2 is 2.04 bits per heavy atom. The first-order valence-electron chi connectivity index (χ1n) is 7.57. The van der Waals surface area contributed by atoms with Crippen molar-refractivity contribution < 1.29 is 27.8 Å². The average Bonchev–Trinajstić information content (AvgIpc) is 2.84. The van der Waals surface area contributed by atoms with Crippen LogP contribution in [0.1, 0.15) is 26.3 Å². The molecule has 0 radical (unpaired) electrons. The van der Waals surface area contributed by atoms with Gasteiger partial charge in [-0.15, -0.1) is 0 Å². The van der Waals surface area contributed by atoms with Gasteiger partial charge in [0, 0.05) is 20.9 Å². The molecule has 1 aromatic heterocycles. The maximum atomic E-state index is 13.8. The lowest BCUT2D eigenvalue weighted by molar-refractivity contribution is -0.282. The summed E-state index contributed by atoms with van der Waals surface area (Å²) >= 11 is 3.22. The number of aromatic nitrogens is 1. The predicted molar refractivity (Wildman–Crippen MR) is 91.4 cm³/mol. The topological polar surface area (TPSA) is 74.3 Å². The van der Waals surface area contributed by atoms with Crippen molar-refractivity contribution in [2.75, 3.05) is 11.9 Å². The van der Waals surface area contributed by atoms with Crippen molar-refractivity contribution >= 4 is 38.7 Å². The Morgan fingerprint density at radius 1 is 1.40 bits per heavy atom. The van der Waals surface area contributed by atoms with Crippen LogP contribution in [0.3, 0.4) is 0 Å².